The van der Waals surface area contributed by atoms with Crippen molar-refractivity contribution in [2.75, 3.05) is 6.61 Å². The molecule has 0 N–H and O–H groups in total. The van der Waals surface area contributed by atoms with E-state index in [0.29, 0.717) is 13.0 Å². The molecule has 2 atom stereocenters. The maximum Gasteiger partial charge on any atom is 0.119 e. The van der Waals surface area contributed by atoms with Crippen LogP contribution in [0.15, 0.2) is 24.3 Å². The second kappa shape index (κ2) is 6.82. The normalized spacial score (nSPS) is 33.2. The molecule has 1 aromatic carbocycles. The Balaban J connectivity index is 2.15. The fourth-order valence-corrected chi connectivity index (χ4v) is 2.60. The van der Waals surface area contributed by atoms with E-state index >= 15 is 0 Å². The summed E-state index contributed by atoms with van der Waals surface area (Å²) in [6, 6.07) is 7.63. The molecule has 1 heteroatoms. The van der Waals surface area contributed by atoms with Gasteiger partial charge in [0.15, 0.2) is 0 Å². The third-order valence-corrected chi connectivity index (χ3v) is 3.61. The summed E-state index contributed by atoms with van der Waals surface area (Å²) in [4.78, 5) is 0. The summed E-state index contributed by atoms with van der Waals surface area (Å²) in [5.74, 6) is 0.106. The molecule has 0 heterocycles. The van der Waals surface area contributed by atoms with Gasteiger partial charge in [-0.05, 0) is 62.1 Å². The summed E-state index contributed by atoms with van der Waals surface area (Å²) in [6.45, 7) is 4.68. The van der Waals surface area contributed by atoms with E-state index in [4.69, 9.17) is 8.85 Å². The van der Waals surface area contributed by atoms with Crippen molar-refractivity contribution in [2.24, 2.45) is 5.92 Å². The number of ether oxygens (including phenoxy) is 1. The van der Waals surface area contributed by atoms with Crippen LogP contribution in [-0.4, -0.2) is 6.61 Å². The molecule has 0 aliphatic heterocycles. The number of benzene rings is 1. The number of rotatable bonds is 5. The summed E-state index contributed by atoms with van der Waals surface area (Å²) in [5, 5.41) is 0. The smallest absolute Gasteiger partial charge is 0.119 e. The molecule has 0 bridgehead atoms. The predicted octanol–water partition coefficient (Wildman–Crippen LogP) is 5.16. The average molecular weight is 249 g/mol. The van der Waals surface area contributed by atoms with Crippen molar-refractivity contribution < 1.29 is 8.85 Å². The zero-order valence-electron chi connectivity index (χ0n) is 14.5. The van der Waals surface area contributed by atoms with Crippen LogP contribution in [0.5, 0.6) is 5.75 Å². The van der Waals surface area contributed by atoms with Crippen LogP contribution in [0.3, 0.4) is 0 Å². The van der Waals surface area contributed by atoms with E-state index in [-0.39, 0.29) is 5.92 Å². The monoisotopic (exact) mass is 249 g/mol. The van der Waals surface area contributed by atoms with Crippen LogP contribution in [0.2, 0.25) is 0 Å². The fourth-order valence-electron chi connectivity index (χ4n) is 2.60. The summed E-state index contributed by atoms with van der Waals surface area (Å²) in [5.41, 5.74) is 0.907. The second-order valence-corrected chi connectivity index (χ2v) is 4.97. The fraction of sp³-hybridized carbons (Fsp3) is 0.647. The lowest BCUT2D eigenvalue weighted by Gasteiger charge is -2.28. The highest BCUT2D eigenvalue weighted by Gasteiger charge is 2.21. The van der Waals surface area contributed by atoms with Gasteiger partial charge < -0.3 is 4.74 Å². The average Bonchev–Trinajstić information content (AvgIpc) is 2.43. The highest BCUT2D eigenvalue weighted by Crippen LogP contribution is 2.37. The van der Waals surface area contributed by atoms with Gasteiger partial charge in [-0.25, -0.2) is 0 Å². The molecular weight excluding hydrogens is 220 g/mol. The van der Waals surface area contributed by atoms with Crippen molar-refractivity contribution in [3.8, 4) is 5.75 Å². The van der Waals surface area contributed by atoms with Crippen molar-refractivity contribution in [3.05, 3.63) is 29.8 Å². The van der Waals surface area contributed by atoms with Crippen molar-refractivity contribution in [2.45, 2.75) is 58.2 Å². The Morgan fingerprint density at radius 1 is 1.22 bits per heavy atom. The number of hydrogen-bond acceptors (Lipinski definition) is 1. The van der Waals surface area contributed by atoms with Gasteiger partial charge in [0.2, 0.25) is 0 Å². The van der Waals surface area contributed by atoms with Crippen LogP contribution in [-0.2, 0) is 0 Å². The SMILES string of the molecule is [2H]C1([2H])C[C@@]([2H])(c2ccc(OCC)cc2)CC[C@@H]1CCC. The van der Waals surface area contributed by atoms with Crippen molar-refractivity contribution >= 4 is 0 Å². The Morgan fingerprint density at radius 2 is 2.00 bits per heavy atom. The van der Waals surface area contributed by atoms with Gasteiger partial charge in [-0.3, -0.25) is 0 Å². The predicted molar refractivity (Wildman–Crippen MR) is 77.2 cm³/mol. The van der Waals surface area contributed by atoms with Gasteiger partial charge in [-0.2, -0.15) is 0 Å². The lowest BCUT2D eigenvalue weighted by molar-refractivity contribution is 0.308. The summed E-state index contributed by atoms with van der Waals surface area (Å²) >= 11 is 0. The van der Waals surface area contributed by atoms with Crippen molar-refractivity contribution in [1.82, 2.24) is 0 Å². The van der Waals surface area contributed by atoms with Crippen LogP contribution in [0.1, 0.15) is 67.9 Å². The molecule has 100 valence electrons. The molecular formula is C17H26O. The van der Waals surface area contributed by atoms with Gasteiger partial charge in [-0.15, -0.1) is 0 Å². The van der Waals surface area contributed by atoms with E-state index in [0.717, 1.165) is 37.0 Å². The third-order valence-electron chi connectivity index (χ3n) is 3.61. The Morgan fingerprint density at radius 3 is 2.61 bits per heavy atom. The highest BCUT2D eigenvalue weighted by atomic mass is 16.5. The molecule has 0 radical (unpaired) electrons. The molecule has 1 fully saturated rings. The summed E-state index contributed by atoms with van der Waals surface area (Å²) < 4.78 is 30.8. The lowest BCUT2D eigenvalue weighted by atomic mass is 9.77. The van der Waals surface area contributed by atoms with E-state index in [1.807, 2.05) is 31.2 Å². The van der Waals surface area contributed by atoms with Gasteiger partial charge in [0, 0.05) is 4.11 Å². The molecule has 2 rings (SSSR count). The largest absolute Gasteiger partial charge is 0.494 e. The standard InChI is InChI=1S/C17H26O/c1-3-5-14-6-8-15(9-7-14)16-10-12-17(13-11-16)18-4-2/h10-15H,3-9H2,1-2H3/t14-,15-/i6D2,15D/m1/s1. The first-order valence-electron chi connectivity index (χ1n) is 8.64. The molecule has 0 unspecified atom stereocenters. The maximum atomic E-state index is 8.73. The van der Waals surface area contributed by atoms with Crippen LogP contribution in [0.25, 0.3) is 0 Å². The minimum atomic E-state index is -1.24. The Hall–Kier alpha value is -0.980. The molecule has 1 nitrogen and oxygen atoms in total. The minimum absolute atomic E-state index is 0.101. The van der Waals surface area contributed by atoms with Gasteiger partial charge in [0.25, 0.3) is 0 Å². The van der Waals surface area contributed by atoms with Gasteiger partial charge in [-0.1, -0.05) is 31.9 Å². The molecule has 1 aliphatic rings. The van der Waals surface area contributed by atoms with E-state index in [1.54, 1.807) is 0 Å². The van der Waals surface area contributed by atoms with Crippen LogP contribution < -0.4 is 4.74 Å². The Bertz CT molecular complexity index is 458. The third kappa shape index (κ3) is 3.51. The van der Waals surface area contributed by atoms with Crippen molar-refractivity contribution in [3.63, 3.8) is 0 Å². The maximum absolute atomic E-state index is 8.73. The van der Waals surface area contributed by atoms with Crippen LogP contribution in [0.4, 0.5) is 0 Å². The lowest BCUT2D eigenvalue weighted by Crippen LogP contribution is -2.13. The first kappa shape index (κ1) is 9.89. The number of hydrogen-bond donors (Lipinski definition) is 0. The first-order valence-corrected chi connectivity index (χ1v) is 7.14. The molecule has 0 spiro atoms. The second-order valence-electron chi connectivity index (χ2n) is 4.97. The van der Waals surface area contributed by atoms with Gasteiger partial charge in [0.05, 0.1) is 6.61 Å². The highest BCUT2D eigenvalue weighted by molar-refractivity contribution is 5.29. The van der Waals surface area contributed by atoms with E-state index in [1.165, 1.54) is 0 Å². The summed E-state index contributed by atoms with van der Waals surface area (Å²) in [6.07, 6.45) is 2.53. The molecule has 0 saturated heterocycles. The zero-order chi connectivity index (χ0) is 15.5. The Labute approximate surface area is 116 Å². The molecule has 1 aliphatic carbocycles. The van der Waals surface area contributed by atoms with E-state index in [9.17, 15) is 0 Å². The molecule has 0 aromatic heterocycles. The molecule has 0 amide bonds. The van der Waals surface area contributed by atoms with E-state index < -0.39 is 12.3 Å². The van der Waals surface area contributed by atoms with Crippen molar-refractivity contribution in [1.29, 1.82) is 0 Å². The van der Waals surface area contributed by atoms with Gasteiger partial charge in [0.1, 0.15) is 5.75 Å². The zero-order valence-corrected chi connectivity index (χ0v) is 11.5. The molecule has 1 saturated carbocycles. The van der Waals surface area contributed by atoms with Gasteiger partial charge >= 0.3 is 0 Å². The molecule has 18 heavy (non-hydrogen) atoms. The first-order chi connectivity index (χ1) is 9.91. The van der Waals surface area contributed by atoms with Crippen LogP contribution >= 0.6 is 0 Å². The van der Waals surface area contributed by atoms with E-state index in [2.05, 4.69) is 6.92 Å². The quantitative estimate of drug-likeness (QED) is 0.700. The minimum Gasteiger partial charge on any atom is -0.494 e. The Kier molecular flexibility index (Phi) is 3.75. The summed E-state index contributed by atoms with van der Waals surface area (Å²) in [7, 11) is 0. The van der Waals surface area contributed by atoms with Crippen LogP contribution in [0, 0.1) is 5.92 Å². The topological polar surface area (TPSA) is 9.23 Å². The molecule has 1 aromatic rings.